The van der Waals surface area contributed by atoms with Gasteiger partial charge in [0.25, 0.3) is 5.69 Å². The van der Waals surface area contributed by atoms with Crippen molar-refractivity contribution in [3.63, 3.8) is 0 Å². The highest BCUT2D eigenvalue weighted by atomic mass is 35.5. The maximum absolute atomic E-state index is 12.5. The number of imidazole rings is 1. The van der Waals surface area contributed by atoms with Crippen LogP contribution in [-0.2, 0) is 4.79 Å². The first-order valence-electron chi connectivity index (χ1n) is 8.41. The van der Waals surface area contributed by atoms with Gasteiger partial charge in [-0.15, -0.1) is 0 Å². The van der Waals surface area contributed by atoms with Gasteiger partial charge in [-0.05, 0) is 32.0 Å². The molecule has 2 aromatic carbocycles. The molecule has 1 atom stereocenters. The van der Waals surface area contributed by atoms with Gasteiger partial charge in [0, 0.05) is 18.2 Å². The lowest BCUT2D eigenvalue weighted by Crippen LogP contribution is -2.22. The minimum atomic E-state index is -0.547. The molecular weight excluding hydrogens is 404 g/mol. The molecule has 28 heavy (non-hydrogen) atoms. The van der Waals surface area contributed by atoms with Gasteiger partial charge < -0.3 is 15.0 Å². The largest absolute Gasteiger partial charge is 0.494 e. The van der Waals surface area contributed by atoms with Crippen molar-refractivity contribution in [2.24, 2.45) is 0 Å². The number of non-ortho nitro benzene ring substituents is 1. The normalized spacial score (nSPS) is 12.0. The summed E-state index contributed by atoms with van der Waals surface area (Å²) in [5.41, 5.74) is 1.77. The zero-order valence-electron chi connectivity index (χ0n) is 15.1. The first kappa shape index (κ1) is 20.0. The summed E-state index contributed by atoms with van der Waals surface area (Å²) >= 11 is 7.28. The summed E-state index contributed by atoms with van der Waals surface area (Å²) in [5.74, 6) is 0.449. The number of thioether (sulfide) groups is 1. The lowest BCUT2D eigenvalue weighted by Gasteiger charge is -2.11. The molecule has 1 amide bonds. The van der Waals surface area contributed by atoms with Crippen LogP contribution in [0.4, 0.5) is 11.4 Å². The third-order valence-electron chi connectivity index (χ3n) is 3.82. The van der Waals surface area contributed by atoms with E-state index < -0.39 is 10.2 Å². The van der Waals surface area contributed by atoms with Crippen LogP contribution in [0.3, 0.4) is 0 Å². The number of carbonyl (C=O) groups excluding carboxylic acids is 1. The fourth-order valence-electron chi connectivity index (χ4n) is 2.45. The standard InChI is InChI=1S/C18H17ClN4O4S/c1-3-27-12-5-7-15-16(9-12)22-18(21-15)28-10(2)17(24)20-14-6-4-11(23(25)26)8-13(14)19/h4-10H,3H2,1-2H3,(H,20,24)(H,21,22)/t10-/m1/s1. The van der Waals surface area contributed by atoms with Gasteiger partial charge in [-0.25, -0.2) is 4.98 Å². The number of amides is 1. The zero-order chi connectivity index (χ0) is 20.3. The Balaban J connectivity index is 1.68. The number of benzene rings is 2. The highest BCUT2D eigenvalue weighted by Gasteiger charge is 2.19. The maximum atomic E-state index is 12.5. The van der Waals surface area contributed by atoms with Crippen LogP contribution in [0.2, 0.25) is 5.02 Å². The third kappa shape index (κ3) is 4.55. The minimum absolute atomic E-state index is 0.104. The molecule has 0 bridgehead atoms. The lowest BCUT2D eigenvalue weighted by molar-refractivity contribution is -0.384. The Kier molecular flexibility index (Phi) is 6.05. The molecule has 0 fully saturated rings. The van der Waals surface area contributed by atoms with Crippen LogP contribution in [0, 0.1) is 10.1 Å². The molecule has 10 heteroatoms. The number of H-pyrrole nitrogens is 1. The number of aromatic amines is 1. The number of hydrogen-bond donors (Lipinski definition) is 2. The van der Waals surface area contributed by atoms with Gasteiger partial charge in [-0.2, -0.15) is 0 Å². The van der Waals surface area contributed by atoms with Crippen LogP contribution >= 0.6 is 23.4 Å². The Bertz CT molecular complexity index is 1040. The van der Waals surface area contributed by atoms with Gasteiger partial charge in [0.2, 0.25) is 5.91 Å². The minimum Gasteiger partial charge on any atom is -0.494 e. The third-order valence-corrected chi connectivity index (χ3v) is 5.12. The van der Waals surface area contributed by atoms with Gasteiger partial charge in [0.1, 0.15) is 5.75 Å². The van der Waals surface area contributed by atoms with E-state index >= 15 is 0 Å². The van der Waals surface area contributed by atoms with Crippen LogP contribution < -0.4 is 10.1 Å². The summed E-state index contributed by atoms with van der Waals surface area (Å²) < 4.78 is 5.47. The molecule has 1 aromatic heterocycles. The van der Waals surface area contributed by atoms with Crippen molar-refractivity contribution in [2.75, 3.05) is 11.9 Å². The number of rotatable bonds is 7. The van der Waals surface area contributed by atoms with E-state index in [9.17, 15) is 14.9 Å². The fraction of sp³-hybridized carbons (Fsp3) is 0.222. The monoisotopic (exact) mass is 420 g/mol. The number of halogens is 1. The van der Waals surface area contributed by atoms with Crippen molar-refractivity contribution in [3.8, 4) is 5.75 Å². The van der Waals surface area contributed by atoms with Crippen LogP contribution in [0.15, 0.2) is 41.6 Å². The summed E-state index contributed by atoms with van der Waals surface area (Å²) in [6.45, 7) is 4.22. The number of ether oxygens (including phenoxy) is 1. The summed E-state index contributed by atoms with van der Waals surface area (Å²) in [4.78, 5) is 30.3. The number of nitrogens with one attached hydrogen (secondary N) is 2. The summed E-state index contributed by atoms with van der Waals surface area (Å²) in [6, 6.07) is 9.44. The molecule has 0 aliphatic heterocycles. The van der Waals surface area contributed by atoms with Crippen LogP contribution in [0.25, 0.3) is 11.0 Å². The topological polar surface area (TPSA) is 110 Å². The van der Waals surface area contributed by atoms with Crippen molar-refractivity contribution in [2.45, 2.75) is 24.3 Å². The Morgan fingerprint density at radius 3 is 2.86 bits per heavy atom. The molecule has 3 aromatic rings. The Morgan fingerprint density at radius 2 is 2.18 bits per heavy atom. The zero-order valence-corrected chi connectivity index (χ0v) is 16.6. The van der Waals surface area contributed by atoms with Crippen molar-refractivity contribution >= 4 is 51.7 Å². The van der Waals surface area contributed by atoms with E-state index in [0.717, 1.165) is 16.8 Å². The maximum Gasteiger partial charge on any atom is 0.271 e. The molecule has 0 aliphatic carbocycles. The first-order chi connectivity index (χ1) is 13.4. The fourth-order valence-corrected chi connectivity index (χ4v) is 3.49. The highest BCUT2D eigenvalue weighted by molar-refractivity contribution is 8.00. The number of nitro groups is 1. The van der Waals surface area contributed by atoms with E-state index in [4.69, 9.17) is 16.3 Å². The number of fused-ring (bicyclic) bond motifs is 1. The molecule has 0 spiro atoms. The smallest absolute Gasteiger partial charge is 0.271 e. The van der Waals surface area contributed by atoms with Gasteiger partial charge in [-0.1, -0.05) is 23.4 Å². The van der Waals surface area contributed by atoms with Crippen molar-refractivity contribution in [3.05, 3.63) is 51.5 Å². The molecule has 0 aliphatic rings. The van der Waals surface area contributed by atoms with Gasteiger partial charge in [-0.3, -0.25) is 14.9 Å². The van der Waals surface area contributed by atoms with Crippen molar-refractivity contribution < 1.29 is 14.5 Å². The highest BCUT2D eigenvalue weighted by Crippen LogP contribution is 2.29. The number of aromatic nitrogens is 2. The summed E-state index contributed by atoms with van der Waals surface area (Å²) in [7, 11) is 0. The number of nitro benzene ring substituents is 1. The van der Waals surface area contributed by atoms with E-state index in [1.165, 1.54) is 30.0 Å². The number of anilines is 1. The second kappa shape index (κ2) is 8.49. The molecule has 0 unspecified atom stereocenters. The molecule has 8 nitrogen and oxygen atoms in total. The van der Waals surface area contributed by atoms with Crippen LogP contribution in [0.1, 0.15) is 13.8 Å². The van der Waals surface area contributed by atoms with E-state index in [0.29, 0.717) is 17.5 Å². The molecule has 0 saturated heterocycles. The molecule has 1 heterocycles. The summed E-state index contributed by atoms with van der Waals surface area (Å²) in [5, 5.41) is 13.7. The first-order valence-corrected chi connectivity index (χ1v) is 9.67. The second-order valence-corrected chi connectivity index (χ2v) is 7.56. The Morgan fingerprint density at radius 1 is 1.39 bits per heavy atom. The van der Waals surface area contributed by atoms with Crippen LogP contribution in [0.5, 0.6) is 5.75 Å². The van der Waals surface area contributed by atoms with Crippen LogP contribution in [-0.4, -0.2) is 32.7 Å². The van der Waals surface area contributed by atoms with E-state index in [-0.39, 0.29) is 16.6 Å². The van der Waals surface area contributed by atoms with E-state index in [1.807, 2.05) is 25.1 Å². The number of hydrogen-bond acceptors (Lipinski definition) is 6. The van der Waals surface area contributed by atoms with Gasteiger partial charge in [0.15, 0.2) is 5.16 Å². The molecule has 2 N–H and O–H groups in total. The average molecular weight is 421 g/mol. The molecule has 146 valence electrons. The van der Waals surface area contributed by atoms with E-state index in [2.05, 4.69) is 15.3 Å². The molecule has 0 saturated carbocycles. The summed E-state index contributed by atoms with van der Waals surface area (Å²) in [6.07, 6.45) is 0. The quantitative estimate of drug-likeness (QED) is 0.327. The Labute approximate surface area is 169 Å². The second-order valence-electron chi connectivity index (χ2n) is 5.82. The lowest BCUT2D eigenvalue weighted by atomic mass is 10.2. The molecule has 0 radical (unpaired) electrons. The predicted molar refractivity (Wildman–Crippen MR) is 109 cm³/mol. The van der Waals surface area contributed by atoms with Gasteiger partial charge >= 0.3 is 0 Å². The molecular formula is C18H17ClN4O4S. The van der Waals surface area contributed by atoms with Gasteiger partial charge in [0.05, 0.1) is 38.5 Å². The Hall–Kier alpha value is -2.78. The van der Waals surface area contributed by atoms with E-state index in [1.54, 1.807) is 6.92 Å². The van der Waals surface area contributed by atoms with Crippen molar-refractivity contribution in [1.29, 1.82) is 0 Å². The average Bonchev–Trinajstić information content (AvgIpc) is 3.04. The van der Waals surface area contributed by atoms with Crippen molar-refractivity contribution in [1.82, 2.24) is 9.97 Å². The number of carbonyl (C=O) groups is 1. The predicted octanol–water partition coefficient (Wildman–Crippen LogP) is 4.64. The SMILES string of the molecule is CCOc1ccc2nc(S[C@H](C)C(=O)Nc3ccc([N+](=O)[O-])cc3Cl)[nH]c2c1. The number of nitrogens with zero attached hydrogens (tertiary/aromatic N) is 2. The molecule has 3 rings (SSSR count).